The average molecular weight is 541 g/mol. The molecule has 1 aliphatic heterocycles. The number of allylic oxidation sites excluding steroid dienone is 2. The number of aromatic nitrogens is 1. The van der Waals surface area contributed by atoms with Crippen molar-refractivity contribution in [2.24, 2.45) is 0 Å². The zero-order valence-corrected chi connectivity index (χ0v) is 22.3. The second kappa shape index (κ2) is 12.6. The Labute approximate surface area is 227 Å². The summed E-state index contributed by atoms with van der Waals surface area (Å²) in [5.41, 5.74) is 2.42. The fraction of sp³-hybridized carbons (Fsp3) is 0.452. The Bertz CT molecular complexity index is 1240. The van der Waals surface area contributed by atoms with Gasteiger partial charge in [-0.2, -0.15) is 13.2 Å². The molecule has 4 rings (SSSR count). The lowest BCUT2D eigenvalue weighted by Crippen LogP contribution is -2.36. The van der Waals surface area contributed by atoms with E-state index in [-0.39, 0.29) is 12.2 Å². The Balaban J connectivity index is 1.30. The molecular formula is C31H35F3N2O3. The van der Waals surface area contributed by atoms with E-state index in [2.05, 4.69) is 16.4 Å². The minimum absolute atomic E-state index is 0.0696. The van der Waals surface area contributed by atoms with Crippen molar-refractivity contribution < 1.29 is 27.5 Å². The van der Waals surface area contributed by atoms with E-state index in [0.717, 1.165) is 44.2 Å². The maximum absolute atomic E-state index is 13.3. The molecule has 2 aliphatic rings. The van der Waals surface area contributed by atoms with Crippen molar-refractivity contribution in [3.8, 4) is 0 Å². The first-order valence-corrected chi connectivity index (χ1v) is 13.6. The fourth-order valence-electron chi connectivity index (χ4n) is 5.56. The number of rotatable bonds is 10. The van der Waals surface area contributed by atoms with E-state index in [9.17, 15) is 22.8 Å². The Morgan fingerprint density at radius 1 is 1.10 bits per heavy atom. The van der Waals surface area contributed by atoms with Crippen molar-refractivity contribution >= 4 is 17.4 Å². The van der Waals surface area contributed by atoms with E-state index in [1.54, 1.807) is 25.4 Å². The molecule has 208 valence electrons. The molecule has 5 nitrogen and oxygen atoms in total. The molecule has 0 bridgehead atoms. The number of Topliss-reactive ketones (excluding diaryl/α,β-unsaturated/α-hetero) is 1. The second-order valence-corrected chi connectivity index (χ2v) is 10.4. The van der Waals surface area contributed by atoms with E-state index >= 15 is 0 Å². The molecule has 8 heteroatoms. The molecule has 0 amide bonds. The number of esters is 1. The Kier molecular flexibility index (Phi) is 9.25. The minimum atomic E-state index is -4.39. The van der Waals surface area contributed by atoms with Crippen LogP contribution in [0.1, 0.15) is 75.8 Å². The van der Waals surface area contributed by atoms with Crippen LogP contribution in [0.25, 0.3) is 0 Å². The van der Waals surface area contributed by atoms with E-state index in [1.807, 2.05) is 12.1 Å². The molecule has 1 aliphatic carbocycles. The first-order valence-electron chi connectivity index (χ1n) is 13.6. The van der Waals surface area contributed by atoms with Crippen LogP contribution in [-0.4, -0.2) is 28.9 Å². The zero-order valence-electron chi connectivity index (χ0n) is 22.3. The number of halogens is 3. The minimum Gasteiger partial charge on any atom is -0.451 e. The highest BCUT2D eigenvalue weighted by atomic mass is 19.4. The normalized spacial score (nSPS) is 19.9. The highest BCUT2D eigenvalue weighted by molar-refractivity contribution is 6.08. The van der Waals surface area contributed by atoms with Crippen LogP contribution in [0.3, 0.4) is 0 Å². The SMILES string of the molecule is CC1=C(C(=O)CCCCNc2cccc(C(F)(F)F)c2)C2(CCC=C(CCc3ccncc3)CCC2)OC1=O. The zero-order chi connectivity index (χ0) is 27.9. The number of carbonyl (C=O) groups excluding carboxylic acids is 2. The molecule has 1 atom stereocenters. The van der Waals surface area contributed by atoms with Gasteiger partial charge in [-0.3, -0.25) is 9.78 Å². The summed E-state index contributed by atoms with van der Waals surface area (Å²) in [4.78, 5) is 30.0. The van der Waals surface area contributed by atoms with Crippen LogP contribution >= 0.6 is 0 Å². The van der Waals surface area contributed by atoms with Gasteiger partial charge in [0, 0.05) is 42.2 Å². The number of aryl methyl sites for hydroxylation is 1. The molecule has 1 aromatic carbocycles. The van der Waals surface area contributed by atoms with Gasteiger partial charge in [-0.05, 0) is 101 Å². The lowest BCUT2D eigenvalue weighted by molar-refractivity contribution is -0.148. The number of carbonyl (C=O) groups is 2. The van der Waals surface area contributed by atoms with E-state index in [0.29, 0.717) is 49.1 Å². The van der Waals surface area contributed by atoms with Gasteiger partial charge >= 0.3 is 12.1 Å². The standard InChI is InChI=1S/C31H35F3N2O3/c1-22-28(27(37)11-2-3-18-36-26-10-4-9-25(21-26)31(32,33)34)30(39-29(22)38)16-5-7-23(8-6-17-30)12-13-24-14-19-35-20-15-24/h4,7,9-10,14-15,19-21,36H,2-3,5-6,8,11-13,16-18H2,1H3. The van der Waals surface area contributed by atoms with Crippen molar-refractivity contribution in [3.63, 3.8) is 0 Å². The van der Waals surface area contributed by atoms with Crippen molar-refractivity contribution in [1.29, 1.82) is 0 Å². The summed E-state index contributed by atoms with van der Waals surface area (Å²) in [6.45, 7) is 2.12. The largest absolute Gasteiger partial charge is 0.451 e. The molecule has 1 unspecified atom stereocenters. The number of nitrogens with one attached hydrogen (secondary N) is 1. The van der Waals surface area contributed by atoms with Gasteiger partial charge in [0.25, 0.3) is 0 Å². The smallest absolute Gasteiger partial charge is 0.416 e. The molecule has 1 aromatic heterocycles. The van der Waals surface area contributed by atoms with E-state index in [1.165, 1.54) is 17.2 Å². The third-order valence-corrected chi connectivity index (χ3v) is 7.60. The first-order chi connectivity index (χ1) is 18.7. The van der Waals surface area contributed by atoms with Crippen LogP contribution in [0, 0.1) is 0 Å². The number of hydrogen-bond donors (Lipinski definition) is 1. The lowest BCUT2D eigenvalue weighted by atomic mass is 9.78. The highest BCUT2D eigenvalue weighted by Crippen LogP contribution is 2.43. The van der Waals surface area contributed by atoms with Crippen molar-refractivity contribution in [2.45, 2.75) is 82.9 Å². The molecule has 2 heterocycles. The first kappa shape index (κ1) is 28.6. The molecule has 0 saturated heterocycles. The predicted molar refractivity (Wildman–Crippen MR) is 144 cm³/mol. The average Bonchev–Trinajstić information content (AvgIpc) is 3.15. The summed E-state index contributed by atoms with van der Waals surface area (Å²) < 4.78 is 44.6. The fourth-order valence-corrected chi connectivity index (χ4v) is 5.56. The van der Waals surface area contributed by atoms with Gasteiger partial charge in [0.15, 0.2) is 5.78 Å². The van der Waals surface area contributed by atoms with Crippen LogP contribution < -0.4 is 5.32 Å². The number of benzene rings is 1. The molecule has 2 aromatic rings. The summed E-state index contributed by atoms with van der Waals surface area (Å²) in [5.74, 6) is -0.480. The summed E-state index contributed by atoms with van der Waals surface area (Å²) in [7, 11) is 0. The monoisotopic (exact) mass is 540 g/mol. The van der Waals surface area contributed by atoms with Crippen LogP contribution in [-0.2, 0) is 26.9 Å². The molecule has 0 radical (unpaired) electrons. The van der Waals surface area contributed by atoms with E-state index in [4.69, 9.17) is 4.74 Å². The molecular weight excluding hydrogens is 505 g/mol. The third kappa shape index (κ3) is 7.37. The summed E-state index contributed by atoms with van der Waals surface area (Å²) in [6, 6.07) is 9.14. The molecule has 1 N–H and O–H groups in total. The maximum atomic E-state index is 13.3. The van der Waals surface area contributed by atoms with Crippen molar-refractivity contribution in [2.75, 3.05) is 11.9 Å². The number of alkyl halides is 3. The van der Waals surface area contributed by atoms with Crippen LogP contribution in [0.2, 0.25) is 0 Å². The van der Waals surface area contributed by atoms with Crippen molar-refractivity contribution in [3.05, 3.63) is 82.7 Å². The van der Waals surface area contributed by atoms with Crippen LogP contribution in [0.4, 0.5) is 18.9 Å². The number of nitrogens with zero attached hydrogens (tertiary/aromatic N) is 1. The Morgan fingerprint density at radius 2 is 1.90 bits per heavy atom. The van der Waals surface area contributed by atoms with Gasteiger partial charge < -0.3 is 10.1 Å². The molecule has 0 fully saturated rings. The molecule has 1 spiro atoms. The number of pyridine rings is 1. The quantitative estimate of drug-likeness (QED) is 0.193. The third-order valence-electron chi connectivity index (χ3n) is 7.60. The summed E-state index contributed by atoms with van der Waals surface area (Å²) in [6.07, 6.45) is 8.54. The molecule has 0 saturated carbocycles. The number of anilines is 1. The van der Waals surface area contributed by atoms with Gasteiger partial charge in [0.05, 0.1) is 5.56 Å². The van der Waals surface area contributed by atoms with Gasteiger partial charge in [-0.1, -0.05) is 17.7 Å². The predicted octanol–water partition coefficient (Wildman–Crippen LogP) is 7.39. The van der Waals surface area contributed by atoms with Gasteiger partial charge in [0.1, 0.15) is 5.60 Å². The Hall–Kier alpha value is -3.42. The van der Waals surface area contributed by atoms with Crippen molar-refractivity contribution in [1.82, 2.24) is 4.98 Å². The topological polar surface area (TPSA) is 68.3 Å². The number of hydrogen-bond acceptors (Lipinski definition) is 5. The van der Waals surface area contributed by atoms with Crippen LogP contribution in [0.15, 0.2) is 71.6 Å². The number of unbranched alkanes of at least 4 members (excludes halogenated alkanes) is 1. The maximum Gasteiger partial charge on any atom is 0.416 e. The Morgan fingerprint density at radius 3 is 2.67 bits per heavy atom. The lowest BCUT2D eigenvalue weighted by Gasteiger charge is -2.32. The number of ketones is 1. The second-order valence-electron chi connectivity index (χ2n) is 10.4. The van der Waals surface area contributed by atoms with Crippen LogP contribution in [0.5, 0.6) is 0 Å². The highest BCUT2D eigenvalue weighted by Gasteiger charge is 2.48. The van der Waals surface area contributed by atoms with Gasteiger partial charge in [-0.25, -0.2) is 4.79 Å². The number of ether oxygens (including phenoxy) is 1. The van der Waals surface area contributed by atoms with E-state index < -0.39 is 23.3 Å². The summed E-state index contributed by atoms with van der Waals surface area (Å²) in [5, 5.41) is 3.00. The molecule has 39 heavy (non-hydrogen) atoms. The summed E-state index contributed by atoms with van der Waals surface area (Å²) >= 11 is 0. The van der Waals surface area contributed by atoms with Gasteiger partial charge in [-0.15, -0.1) is 0 Å². The van der Waals surface area contributed by atoms with Gasteiger partial charge in [0.2, 0.25) is 0 Å².